The minimum Gasteiger partial charge on any atom is -0.549 e. The molecule has 104 valence electrons. The van der Waals surface area contributed by atoms with E-state index in [1.54, 1.807) is 0 Å². The molecule has 0 saturated carbocycles. The number of nitro benzene ring substituents is 1. The Morgan fingerprint density at radius 1 is 1.35 bits per heavy atom. The first-order valence-electron chi connectivity index (χ1n) is 5.60. The number of hydrogen-bond acceptors (Lipinski definition) is 6. The van der Waals surface area contributed by atoms with Gasteiger partial charge >= 0.3 is 4.87 Å². The lowest BCUT2D eigenvalue weighted by molar-refractivity contribution is -0.384. The molecule has 0 radical (unpaired) electrons. The van der Waals surface area contributed by atoms with Gasteiger partial charge in [-0.1, -0.05) is 23.5 Å². The quantitative estimate of drug-likeness (QED) is 0.633. The van der Waals surface area contributed by atoms with Crippen LogP contribution in [0.2, 0.25) is 0 Å². The van der Waals surface area contributed by atoms with E-state index in [2.05, 4.69) is 4.98 Å². The topological polar surface area (TPSA) is 116 Å². The van der Waals surface area contributed by atoms with Gasteiger partial charge in [0.25, 0.3) is 5.69 Å². The fourth-order valence-corrected chi connectivity index (χ4v) is 2.51. The van der Waals surface area contributed by atoms with E-state index >= 15 is 0 Å². The SMILES string of the molecule is O=C([O-])[C@H](Cc1c[nH]c(=O)s1)c1ccc([N+](=O)[O-])cc1. The highest BCUT2D eigenvalue weighted by Gasteiger charge is 2.16. The fourth-order valence-electron chi connectivity index (χ4n) is 1.78. The Balaban J connectivity index is 2.26. The van der Waals surface area contributed by atoms with Crippen molar-refractivity contribution in [3.8, 4) is 0 Å². The molecule has 0 aliphatic rings. The number of nitro groups is 1. The maximum Gasteiger partial charge on any atom is 0.304 e. The molecule has 1 aromatic carbocycles. The number of thiazole rings is 1. The van der Waals surface area contributed by atoms with Gasteiger partial charge in [0.2, 0.25) is 0 Å². The normalized spacial score (nSPS) is 12.0. The standard InChI is InChI=1S/C12H10N2O5S/c15-11(16)10(5-9-6-13-12(17)20-9)7-1-3-8(4-2-7)14(18)19/h1-4,6,10H,5H2,(H,13,17)(H,15,16)/p-1/t10-/m1/s1. The van der Waals surface area contributed by atoms with Gasteiger partial charge in [-0.05, 0) is 12.0 Å². The summed E-state index contributed by atoms with van der Waals surface area (Å²) in [5.74, 6) is -2.25. The molecule has 1 heterocycles. The molecule has 8 heteroatoms. The molecule has 1 atom stereocenters. The first kappa shape index (κ1) is 13.9. The van der Waals surface area contributed by atoms with Gasteiger partial charge in [-0.3, -0.25) is 14.9 Å². The van der Waals surface area contributed by atoms with Crippen LogP contribution in [-0.2, 0) is 11.2 Å². The Hall–Kier alpha value is -2.48. The summed E-state index contributed by atoms with van der Waals surface area (Å²) in [6.45, 7) is 0. The van der Waals surface area contributed by atoms with Crippen molar-refractivity contribution in [1.29, 1.82) is 0 Å². The van der Waals surface area contributed by atoms with E-state index in [1.165, 1.54) is 30.5 Å². The number of carbonyl (C=O) groups excluding carboxylic acids is 1. The van der Waals surface area contributed by atoms with Crippen molar-refractivity contribution >= 4 is 23.0 Å². The zero-order chi connectivity index (χ0) is 14.7. The third-order valence-electron chi connectivity index (χ3n) is 2.77. The van der Waals surface area contributed by atoms with E-state index in [4.69, 9.17) is 0 Å². The number of aliphatic carboxylic acids is 1. The number of aromatic nitrogens is 1. The van der Waals surface area contributed by atoms with E-state index < -0.39 is 16.8 Å². The number of non-ortho nitro benzene ring substituents is 1. The molecular weight excluding hydrogens is 284 g/mol. The van der Waals surface area contributed by atoms with Crippen LogP contribution in [-0.4, -0.2) is 15.9 Å². The summed E-state index contributed by atoms with van der Waals surface area (Å²) in [6, 6.07) is 5.25. The number of carboxylic acids is 1. The second kappa shape index (κ2) is 5.66. The predicted molar refractivity (Wildman–Crippen MR) is 69.5 cm³/mol. The van der Waals surface area contributed by atoms with Crippen LogP contribution in [0.25, 0.3) is 0 Å². The van der Waals surface area contributed by atoms with Crippen LogP contribution in [0.15, 0.2) is 35.3 Å². The van der Waals surface area contributed by atoms with Crippen molar-refractivity contribution in [2.45, 2.75) is 12.3 Å². The number of nitrogens with zero attached hydrogens (tertiary/aromatic N) is 1. The smallest absolute Gasteiger partial charge is 0.304 e. The van der Waals surface area contributed by atoms with Crippen LogP contribution in [0, 0.1) is 10.1 Å². The highest BCUT2D eigenvalue weighted by Crippen LogP contribution is 2.23. The Morgan fingerprint density at radius 2 is 2.00 bits per heavy atom. The molecule has 0 spiro atoms. The lowest BCUT2D eigenvalue weighted by Gasteiger charge is -2.17. The van der Waals surface area contributed by atoms with Crippen molar-refractivity contribution in [3.05, 3.63) is 60.7 Å². The van der Waals surface area contributed by atoms with Crippen LogP contribution in [0.5, 0.6) is 0 Å². The summed E-state index contributed by atoms with van der Waals surface area (Å²) in [7, 11) is 0. The van der Waals surface area contributed by atoms with Crippen LogP contribution >= 0.6 is 11.3 Å². The summed E-state index contributed by atoms with van der Waals surface area (Å²) >= 11 is 0.926. The number of aromatic amines is 1. The van der Waals surface area contributed by atoms with Crippen molar-refractivity contribution < 1.29 is 14.8 Å². The highest BCUT2D eigenvalue weighted by atomic mass is 32.1. The molecule has 0 bridgehead atoms. The third kappa shape index (κ3) is 3.09. The summed E-state index contributed by atoms with van der Waals surface area (Å²) in [5, 5.41) is 21.8. The average Bonchev–Trinajstić information content (AvgIpc) is 2.81. The molecule has 0 aliphatic carbocycles. The fraction of sp³-hybridized carbons (Fsp3) is 0.167. The molecular formula is C12H9N2O5S-. The molecule has 0 aliphatic heterocycles. The number of nitrogens with one attached hydrogen (secondary N) is 1. The Morgan fingerprint density at radius 3 is 2.45 bits per heavy atom. The van der Waals surface area contributed by atoms with E-state index in [1.807, 2.05) is 0 Å². The third-order valence-corrected chi connectivity index (χ3v) is 3.62. The molecule has 0 amide bonds. The van der Waals surface area contributed by atoms with E-state index in [0.29, 0.717) is 10.4 Å². The average molecular weight is 293 g/mol. The predicted octanol–water partition coefficient (Wildman–Crippen LogP) is 0.421. The van der Waals surface area contributed by atoms with Crippen LogP contribution < -0.4 is 9.98 Å². The van der Waals surface area contributed by atoms with Crippen LogP contribution in [0.1, 0.15) is 16.4 Å². The Kier molecular flexibility index (Phi) is 3.94. The second-order valence-electron chi connectivity index (χ2n) is 4.07. The van der Waals surface area contributed by atoms with Crippen molar-refractivity contribution in [3.63, 3.8) is 0 Å². The van der Waals surface area contributed by atoms with Gasteiger partial charge in [-0.25, -0.2) is 0 Å². The molecule has 7 nitrogen and oxygen atoms in total. The Bertz CT molecular complexity index is 688. The first-order valence-corrected chi connectivity index (χ1v) is 6.41. The lowest BCUT2D eigenvalue weighted by atomic mass is 9.95. The Labute approximate surface area is 116 Å². The minimum absolute atomic E-state index is 0.101. The number of H-pyrrole nitrogens is 1. The summed E-state index contributed by atoms with van der Waals surface area (Å²) in [6.07, 6.45) is 1.55. The molecule has 0 unspecified atom stereocenters. The van der Waals surface area contributed by atoms with Gasteiger partial charge in [0, 0.05) is 35.1 Å². The summed E-state index contributed by atoms with van der Waals surface area (Å²) < 4.78 is 0. The van der Waals surface area contributed by atoms with Gasteiger partial charge in [0.1, 0.15) is 0 Å². The summed E-state index contributed by atoms with van der Waals surface area (Å²) in [5.41, 5.74) is 0.286. The number of carboxylic acid groups (broad SMARTS) is 1. The zero-order valence-corrected chi connectivity index (χ0v) is 10.9. The van der Waals surface area contributed by atoms with Gasteiger partial charge in [-0.2, -0.15) is 0 Å². The molecule has 2 rings (SSSR count). The highest BCUT2D eigenvalue weighted by molar-refractivity contribution is 7.09. The number of benzene rings is 1. The van der Waals surface area contributed by atoms with E-state index in [9.17, 15) is 24.8 Å². The zero-order valence-electron chi connectivity index (χ0n) is 10.1. The molecule has 1 aromatic heterocycles. The molecule has 1 N–H and O–H groups in total. The molecule has 0 fully saturated rings. The number of carbonyl (C=O) groups is 1. The van der Waals surface area contributed by atoms with Gasteiger partial charge in [0.15, 0.2) is 0 Å². The first-order chi connectivity index (χ1) is 9.47. The van der Waals surface area contributed by atoms with Gasteiger partial charge in [-0.15, -0.1) is 0 Å². The van der Waals surface area contributed by atoms with Crippen molar-refractivity contribution in [2.75, 3.05) is 0 Å². The monoisotopic (exact) mass is 293 g/mol. The van der Waals surface area contributed by atoms with Crippen LogP contribution in [0.4, 0.5) is 5.69 Å². The summed E-state index contributed by atoms with van der Waals surface area (Å²) in [4.78, 5) is 35.0. The minimum atomic E-state index is -1.29. The van der Waals surface area contributed by atoms with Crippen molar-refractivity contribution in [1.82, 2.24) is 4.98 Å². The number of rotatable bonds is 5. The lowest BCUT2D eigenvalue weighted by Crippen LogP contribution is -2.30. The van der Waals surface area contributed by atoms with Crippen molar-refractivity contribution in [2.24, 2.45) is 0 Å². The maximum absolute atomic E-state index is 11.2. The van der Waals surface area contributed by atoms with E-state index in [0.717, 1.165) is 11.3 Å². The maximum atomic E-state index is 11.2. The van der Waals surface area contributed by atoms with Gasteiger partial charge < -0.3 is 14.9 Å². The molecule has 2 aromatic rings. The number of hydrogen-bond donors (Lipinski definition) is 1. The van der Waals surface area contributed by atoms with Gasteiger partial charge in [0.05, 0.1) is 4.92 Å². The molecule has 20 heavy (non-hydrogen) atoms. The molecule has 0 saturated heterocycles. The van der Waals surface area contributed by atoms with Crippen LogP contribution in [0.3, 0.4) is 0 Å². The second-order valence-corrected chi connectivity index (χ2v) is 5.17. The largest absolute Gasteiger partial charge is 0.549 e. The van der Waals surface area contributed by atoms with E-state index in [-0.39, 0.29) is 17.0 Å².